The molecule has 206 valence electrons. The van der Waals surface area contributed by atoms with Gasteiger partial charge in [0.1, 0.15) is 11.5 Å². The largest absolute Gasteiger partial charge is 0.493 e. The van der Waals surface area contributed by atoms with Crippen LogP contribution in [-0.4, -0.2) is 39.4 Å². The number of carbonyl (C=O) groups excluding carboxylic acids is 2. The molecule has 0 aliphatic carbocycles. The zero-order valence-corrected chi connectivity index (χ0v) is 22.8. The minimum Gasteiger partial charge on any atom is -0.493 e. The van der Waals surface area contributed by atoms with Gasteiger partial charge in [0.25, 0.3) is 0 Å². The molecule has 1 unspecified atom stereocenters. The summed E-state index contributed by atoms with van der Waals surface area (Å²) in [6.45, 7) is 1.21. The number of unbranched alkanes of at least 4 members (excludes halogenated alkanes) is 1. The van der Waals surface area contributed by atoms with E-state index in [2.05, 4.69) is 24.3 Å². The number of rotatable bonds is 16. The van der Waals surface area contributed by atoms with Crippen LogP contribution >= 0.6 is 0 Å². The maximum absolute atomic E-state index is 11.8. The fourth-order valence-electron chi connectivity index (χ4n) is 4.14. The molecule has 0 amide bonds. The Morgan fingerprint density at radius 2 is 1.41 bits per heavy atom. The van der Waals surface area contributed by atoms with Crippen LogP contribution in [0.15, 0.2) is 91.0 Å². The first-order valence-electron chi connectivity index (χ1n) is 13.4. The van der Waals surface area contributed by atoms with Crippen molar-refractivity contribution < 1.29 is 28.5 Å². The zero-order valence-electron chi connectivity index (χ0n) is 22.8. The fourth-order valence-corrected chi connectivity index (χ4v) is 4.14. The van der Waals surface area contributed by atoms with E-state index in [4.69, 9.17) is 18.9 Å². The quantitative estimate of drug-likeness (QED) is 0.114. The number of ether oxygens (including phenoxy) is 4. The Morgan fingerprint density at radius 3 is 2.05 bits per heavy atom. The van der Waals surface area contributed by atoms with Gasteiger partial charge in [0.15, 0.2) is 0 Å². The fraction of sp³-hybridized carbons (Fsp3) is 0.333. The number of esters is 2. The van der Waals surface area contributed by atoms with E-state index < -0.39 is 0 Å². The highest BCUT2D eigenvalue weighted by Crippen LogP contribution is 2.25. The van der Waals surface area contributed by atoms with Gasteiger partial charge in [-0.05, 0) is 66.8 Å². The van der Waals surface area contributed by atoms with Crippen molar-refractivity contribution in [1.82, 2.24) is 0 Å². The van der Waals surface area contributed by atoms with Crippen molar-refractivity contribution in [3.05, 3.63) is 108 Å². The first-order valence-corrected chi connectivity index (χ1v) is 13.4. The number of methoxy groups -OCH3 is 2. The van der Waals surface area contributed by atoms with Crippen molar-refractivity contribution >= 4 is 11.9 Å². The molecular weight excluding hydrogens is 492 g/mol. The molecule has 0 aliphatic rings. The van der Waals surface area contributed by atoms with Gasteiger partial charge in [-0.1, -0.05) is 61.0 Å². The molecule has 0 N–H and O–H groups in total. The van der Waals surface area contributed by atoms with Crippen LogP contribution in [0.5, 0.6) is 11.5 Å². The van der Waals surface area contributed by atoms with Crippen molar-refractivity contribution in [2.75, 3.05) is 27.4 Å². The highest BCUT2D eigenvalue weighted by atomic mass is 16.5. The van der Waals surface area contributed by atoms with Crippen molar-refractivity contribution in [1.29, 1.82) is 0 Å². The maximum Gasteiger partial charge on any atom is 0.337 e. The first-order chi connectivity index (χ1) is 19.1. The molecule has 0 spiro atoms. The van der Waals surface area contributed by atoms with E-state index in [1.54, 1.807) is 12.1 Å². The molecule has 0 saturated carbocycles. The average molecular weight is 531 g/mol. The van der Waals surface area contributed by atoms with Crippen LogP contribution in [0, 0.1) is 0 Å². The van der Waals surface area contributed by atoms with Crippen molar-refractivity contribution in [2.45, 2.75) is 44.4 Å². The van der Waals surface area contributed by atoms with Gasteiger partial charge in [0.2, 0.25) is 0 Å². The topological polar surface area (TPSA) is 71.1 Å². The molecule has 6 heteroatoms. The van der Waals surface area contributed by atoms with E-state index in [1.807, 2.05) is 54.6 Å². The van der Waals surface area contributed by atoms with Gasteiger partial charge in [0, 0.05) is 18.8 Å². The molecule has 0 fully saturated rings. The van der Waals surface area contributed by atoms with Crippen LogP contribution < -0.4 is 9.47 Å². The number of benzene rings is 3. The Kier molecular flexibility index (Phi) is 12.6. The summed E-state index contributed by atoms with van der Waals surface area (Å²) in [5, 5.41) is 0. The second-order valence-electron chi connectivity index (χ2n) is 9.18. The third-order valence-corrected chi connectivity index (χ3v) is 6.35. The molecule has 0 bridgehead atoms. The lowest BCUT2D eigenvalue weighted by Crippen LogP contribution is -2.04. The smallest absolute Gasteiger partial charge is 0.337 e. The highest BCUT2D eigenvalue weighted by molar-refractivity contribution is 5.89. The number of allylic oxidation sites excluding steroid dienone is 2. The van der Waals surface area contributed by atoms with Gasteiger partial charge in [0.05, 0.1) is 33.0 Å². The van der Waals surface area contributed by atoms with Crippen molar-refractivity contribution in [3.8, 4) is 11.5 Å². The molecule has 0 heterocycles. The summed E-state index contributed by atoms with van der Waals surface area (Å²) in [7, 11) is 2.79. The summed E-state index contributed by atoms with van der Waals surface area (Å²) >= 11 is 0. The average Bonchev–Trinajstić information content (AvgIpc) is 2.99. The molecule has 0 aromatic heterocycles. The first kappa shape index (κ1) is 29.5. The lowest BCUT2D eigenvalue weighted by atomic mass is 9.91. The number of carbonyl (C=O) groups is 2. The molecule has 3 aromatic rings. The van der Waals surface area contributed by atoms with Gasteiger partial charge >= 0.3 is 11.9 Å². The Bertz CT molecular complexity index is 1150. The molecule has 1 atom stereocenters. The molecule has 0 radical (unpaired) electrons. The molecule has 6 nitrogen and oxygen atoms in total. The normalized spacial score (nSPS) is 11.6. The lowest BCUT2D eigenvalue weighted by Gasteiger charge is -2.14. The van der Waals surface area contributed by atoms with E-state index in [-0.39, 0.29) is 17.9 Å². The van der Waals surface area contributed by atoms with Crippen LogP contribution in [-0.2, 0) is 20.7 Å². The van der Waals surface area contributed by atoms with E-state index in [0.29, 0.717) is 25.2 Å². The predicted molar refractivity (Wildman–Crippen MR) is 152 cm³/mol. The van der Waals surface area contributed by atoms with E-state index in [0.717, 1.165) is 49.2 Å². The summed E-state index contributed by atoms with van der Waals surface area (Å²) in [6, 6.07) is 25.5. The van der Waals surface area contributed by atoms with Crippen LogP contribution in [0.25, 0.3) is 0 Å². The van der Waals surface area contributed by atoms with E-state index in [9.17, 15) is 9.59 Å². The molecule has 39 heavy (non-hydrogen) atoms. The molecule has 0 saturated heterocycles. The SMILES string of the molecule is COC(=O)CCCCC(/C=C\Cc1ccc(OCCCOc2ccccc2)cc1)c1ccc(C(=O)OC)cc1. The molecule has 3 aromatic carbocycles. The van der Waals surface area contributed by atoms with E-state index in [1.165, 1.54) is 19.8 Å². The van der Waals surface area contributed by atoms with Crippen LogP contribution in [0.4, 0.5) is 0 Å². The third-order valence-electron chi connectivity index (χ3n) is 6.35. The summed E-state index contributed by atoms with van der Waals surface area (Å²) in [5.41, 5.74) is 2.84. The monoisotopic (exact) mass is 530 g/mol. The summed E-state index contributed by atoms with van der Waals surface area (Å²) < 4.78 is 21.1. The maximum atomic E-state index is 11.8. The van der Waals surface area contributed by atoms with Gasteiger partial charge in [-0.3, -0.25) is 4.79 Å². The van der Waals surface area contributed by atoms with Gasteiger partial charge in [-0.2, -0.15) is 0 Å². The Labute approximate surface area is 231 Å². The molecular formula is C33H38O6. The number of hydrogen-bond acceptors (Lipinski definition) is 6. The highest BCUT2D eigenvalue weighted by Gasteiger charge is 2.11. The standard InChI is InChI=1S/C33H38O6/c1-36-32(34)15-7-6-11-27(28-18-20-29(21-19-28)33(35)37-2)12-8-10-26-16-22-31(23-17-26)39-25-9-24-38-30-13-4-3-5-14-30/h3-5,8,12-14,16-23,27H,6-7,9-11,15,24-25H2,1-2H3/b12-8-. The van der Waals surface area contributed by atoms with Gasteiger partial charge in [-0.15, -0.1) is 0 Å². The van der Waals surface area contributed by atoms with Crippen LogP contribution in [0.3, 0.4) is 0 Å². The van der Waals surface area contributed by atoms with Crippen molar-refractivity contribution in [3.63, 3.8) is 0 Å². The predicted octanol–water partition coefficient (Wildman–Crippen LogP) is 6.94. The van der Waals surface area contributed by atoms with Gasteiger partial charge in [-0.25, -0.2) is 4.79 Å². The summed E-state index contributed by atoms with van der Waals surface area (Å²) in [4.78, 5) is 23.3. The van der Waals surface area contributed by atoms with E-state index >= 15 is 0 Å². The number of para-hydroxylation sites is 1. The molecule has 3 rings (SSSR count). The van der Waals surface area contributed by atoms with Crippen LogP contribution in [0.2, 0.25) is 0 Å². The summed E-state index contributed by atoms with van der Waals surface area (Å²) in [5.74, 6) is 1.36. The molecule has 0 aliphatic heterocycles. The second kappa shape index (κ2) is 16.7. The zero-order chi connectivity index (χ0) is 27.7. The Hall–Kier alpha value is -4.06. The van der Waals surface area contributed by atoms with Crippen molar-refractivity contribution in [2.24, 2.45) is 0 Å². The Morgan fingerprint density at radius 1 is 0.744 bits per heavy atom. The summed E-state index contributed by atoms with van der Waals surface area (Å²) in [6.07, 6.45) is 8.97. The minimum absolute atomic E-state index is 0.176. The lowest BCUT2D eigenvalue weighted by molar-refractivity contribution is -0.140. The Balaban J connectivity index is 1.49. The van der Waals surface area contributed by atoms with Gasteiger partial charge < -0.3 is 18.9 Å². The second-order valence-corrected chi connectivity index (χ2v) is 9.18. The minimum atomic E-state index is -0.348. The third kappa shape index (κ3) is 10.7. The number of hydrogen-bond donors (Lipinski definition) is 0. The van der Waals surface area contributed by atoms with Crippen LogP contribution in [0.1, 0.15) is 59.5 Å².